The van der Waals surface area contributed by atoms with Gasteiger partial charge in [-0.15, -0.1) is 0 Å². The van der Waals surface area contributed by atoms with Crippen molar-refractivity contribution in [1.29, 1.82) is 0 Å². The van der Waals surface area contributed by atoms with Crippen molar-refractivity contribution in [3.8, 4) is 0 Å². The summed E-state index contributed by atoms with van der Waals surface area (Å²) in [5.41, 5.74) is 5.45. The summed E-state index contributed by atoms with van der Waals surface area (Å²) < 4.78 is 0. The Balaban J connectivity index is 2.10. The molecule has 0 saturated heterocycles. The van der Waals surface area contributed by atoms with Crippen molar-refractivity contribution in [2.45, 2.75) is 57.0 Å². The number of hydrogen-bond acceptors (Lipinski definition) is 2. The van der Waals surface area contributed by atoms with Gasteiger partial charge in [0, 0.05) is 22.4 Å². The Morgan fingerprint density at radius 1 is 0.857 bits per heavy atom. The van der Waals surface area contributed by atoms with Gasteiger partial charge in [0.05, 0.1) is 0 Å². The monoisotopic (exact) mass is 299 g/mol. The highest BCUT2D eigenvalue weighted by Gasteiger charge is 2.04. The molecule has 0 aliphatic heterocycles. The van der Waals surface area contributed by atoms with Gasteiger partial charge in [0.15, 0.2) is 0 Å². The zero-order chi connectivity index (χ0) is 15.4. The third-order valence-electron chi connectivity index (χ3n) is 3.73. The van der Waals surface area contributed by atoms with E-state index in [2.05, 4.69) is 76.3 Å². The Labute approximate surface area is 133 Å². The molecule has 0 fully saturated rings. The summed E-state index contributed by atoms with van der Waals surface area (Å²) >= 11 is 1.84. The van der Waals surface area contributed by atoms with E-state index in [1.807, 2.05) is 11.8 Å². The van der Waals surface area contributed by atoms with E-state index < -0.39 is 0 Å². The fourth-order valence-electron chi connectivity index (χ4n) is 2.16. The van der Waals surface area contributed by atoms with Crippen LogP contribution in [-0.4, -0.2) is 6.04 Å². The van der Waals surface area contributed by atoms with Crippen LogP contribution in [0.25, 0.3) is 0 Å². The fourth-order valence-corrected chi connectivity index (χ4v) is 3.17. The molecule has 2 heteroatoms. The second-order valence-corrected chi connectivity index (χ2v) is 7.12. The Morgan fingerprint density at radius 3 is 2.05 bits per heavy atom. The third-order valence-corrected chi connectivity index (χ3v) is 4.71. The Morgan fingerprint density at radius 2 is 1.48 bits per heavy atom. The van der Waals surface area contributed by atoms with Crippen LogP contribution in [0.2, 0.25) is 0 Å². The van der Waals surface area contributed by atoms with Crippen molar-refractivity contribution in [3.63, 3.8) is 0 Å². The summed E-state index contributed by atoms with van der Waals surface area (Å²) in [5, 5.41) is 3.48. The first-order valence-corrected chi connectivity index (χ1v) is 8.35. The van der Waals surface area contributed by atoms with Crippen molar-refractivity contribution in [3.05, 3.63) is 58.7 Å². The lowest BCUT2D eigenvalue weighted by molar-refractivity contribution is 0.587. The summed E-state index contributed by atoms with van der Waals surface area (Å²) in [7, 11) is 0. The molecule has 0 amide bonds. The van der Waals surface area contributed by atoms with Gasteiger partial charge in [0.2, 0.25) is 0 Å². The molecule has 2 aromatic carbocycles. The average Bonchev–Trinajstić information content (AvgIpc) is 2.42. The maximum atomic E-state index is 3.48. The summed E-state index contributed by atoms with van der Waals surface area (Å²) in [6, 6.07) is 14.0. The molecule has 2 aromatic rings. The topological polar surface area (TPSA) is 12.0 Å². The van der Waals surface area contributed by atoms with E-state index in [0.717, 1.165) is 6.54 Å². The quantitative estimate of drug-likeness (QED) is 0.808. The van der Waals surface area contributed by atoms with Gasteiger partial charge < -0.3 is 5.32 Å². The zero-order valence-electron chi connectivity index (χ0n) is 13.7. The predicted octanol–water partition coefficient (Wildman–Crippen LogP) is 5.26. The van der Waals surface area contributed by atoms with Crippen LogP contribution in [0.4, 0.5) is 0 Å². The molecule has 0 saturated carbocycles. The lowest BCUT2D eigenvalue weighted by Gasteiger charge is -2.12. The first kappa shape index (κ1) is 16.1. The number of nitrogens with one attached hydrogen (secondary N) is 1. The zero-order valence-corrected chi connectivity index (χ0v) is 14.5. The highest BCUT2D eigenvalue weighted by molar-refractivity contribution is 7.99. The molecule has 0 aromatic heterocycles. The lowest BCUT2D eigenvalue weighted by atomic mass is 10.1. The maximum Gasteiger partial charge on any atom is 0.0210 e. The minimum Gasteiger partial charge on any atom is -0.310 e. The maximum absolute atomic E-state index is 3.48. The molecular weight excluding hydrogens is 274 g/mol. The van der Waals surface area contributed by atoms with E-state index in [0.29, 0.717) is 6.04 Å². The Bertz CT molecular complexity index is 617. The largest absolute Gasteiger partial charge is 0.310 e. The normalized spacial score (nSPS) is 11.1. The smallest absolute Gasteiger partial charge is 0.0210 e. The van der Waals surface area contributed by atoms with Gasteiger partial charge in [-0.05, 0) is 67.3 Å². The molecule has 0 aliphatic rings. The van der Waals surface area contributed by atoms with E-state index in [1.54, 1.807) is 0 Å². The Kier molecular flexibility index (Phi) is 5.49. The summed E-state index contributed by atoms with van der Waals surface area (Å²) in [4.78, 5) is 2.62. The highest BCUT2D eigenvalue weighted by Crippen LogP contribution is 2.30. The summed E-state index contributed by atoms with van der Waals surface area (Å²) in [5.74, 6) is 0. The van der Waals surface area contributed by atoms with Crippen LogP contribution < -0.4 is 5.32 Å². The SMILES string of the molecule is Cc1ccc(Sc2ccc(CNC(C)C)c(C)c2)cc1C. The highest BCUT2D eigenvalue weighted by atomic mass is 32.2. The van der Waals surface area contributed by atoms with E-state index in [9.17, 15) is 0 Å². The van der Waals surface area contributed by atoms with Gasteiger partial charge in [-0.25, -0.2) is 0 Å². The second kappa shape index (κ2) is 7.15. The minimum atomic E-state index is 0.522. The molecule has 0 spiro atoms. The molecule has 0 radical (unpaired) electrons. The summed E-state index contributed by atoms with van der Waals surface area (Å²) in [6.07, 6.45) is 0. The van der Waals surface area contributed by atoms with Crippen LogP contribution in [0.15, 0.2) is 46.2 Å². The van der Waals surface area contributed by atoms with Crippen molar-refractivity contribution in [2.75, 3.05) is 0 Å². The Hall–Kier alpha value is -1.25. The fraction of sp³-hybridized carbons (Fsp3) is 0.368. The van der Waals surface area contributed by atoms with Crippen molar-refractivity contribution in [2.24, 2.45) is 0 Å². The van der Waals surface area contributed by atoms with Crippen LogP contribution in [0.1, 0.15) is 36.1 Å². The number of aryl methyl sites for hydroxylation is 3. The van der Waals surface area contributed by atoms with Crippen molar-refractivity contribution in [1.82, 2.24) is 5.32 Å². The molecule has 0 heterocycles. The molecule has 1 nitrogen and oxygen atoms in total. The van der Waals surface area contributed by atoms with Gasteiger partial charge in [0.25, 0.3) is 0 Å². The van der Waals surface area contributed by atoms with Crippen molar-refractivity contribution < 1.29 is 0 Å². The molecule has 21 heavy (non-hydrogen) atoms. The van der Waals surface area contributed by atoms with Crippen LogP contribution in [0.5, 0.6) is 0 Å². The first-order valence-electron chi connectivity index (χ1n) is 7.53. The van der Waals surface area contributed by atoms with Gasteiger partial charge >= 0.3 is 0 Å². The van der Waals surface area contributed by atoms with Crippen molar-refractivity contribution >= 4 is 11.8 Å². The molecular formula is C19H25NS. The molecule has 0 bridgehead atoms. The standard InChI is InChI=1S/C19H25NS/c1-13(2)20-12-17-7-9-19(11-16(17)5)21-18-8-6-14(3)15(4)10-18/h6-11,13,20H,12H2,1-5H3. The van der Waals surface area contributed by atoms with E-state index in [1.165, 1.54) is 32.0 Å². The predicted molar refractivity (Wildman–Crippen MR) is 93.2 cm³/mol. The molecule has 0 unspecified atom stereocenters. The lowest BCUT2D eigenvalue weighted by Crippen LogP contribution is -2.22. The van der Waals surface area contributed by atoms with Crippen LogP contribution in [0, 0.1) is 20.8 Å². The number of rotatable bonds is 5. The van der Waals surface area contributed by atoms with Gasteiger partial charge in [-0.2, -0.15) is 0 Å². The molecule has 112 valence electrons. The van der Waals surface area contributed by atoms with E-state index in [4.69, 9.17) is 0 Å². The number of hydrogen-bond donors (Lipinski definition) is 1. The minimum absolute atomic E-state index is 0.522. The molecule has 2 rings (SSSR count). The molecule has 1 N–H and O–H groups in total. The first-order chi connectivity index (χ1) is 9.95. The molecule has 0 aliphatic carbocycles. The van der Waals surface area contributed by atoms with E-state index >= 15 is 0 Å². The van der Waals surface area contributed by atoms with Crippen LogP contribution in [0.3, 0.4) is 0 Å². The molecule has 0 atom stereocenters. The third kappa shape index (κ3) is 4.62. The van der Waals surface area contributed by atoms with Gasteiger partial charge in [0.1, 0.15) is 0 Å². The van der Waals surface area contributed by atoms with Crippen LogP contribution >= 0.6 is 11.8 Å². The van der Waals surface area contributed by atoms with Gasteiger partial charge in [-0.1, -0.05) is 37.7 Å². The van der Waals surface area contributed by atoms with E-state index in [-0.39, 0.29) is 0 Å². The number of benzene rings is 2. The van der Waals surface area contributed by atoms with Gasteiger partial charge in [-0.3, -0.25) is 0 Å². The summed E-state index contributed by atoms with van der Waals surface area (Å²) in [6.45, 7) is 11.8. The average molecular weight is 299 g/mol. The van der Waals surface area contributed by atoms with Crippen LogP contribution in [-0.2, 0) is 6.54 Å². The second-order valence-electron chi connectivity index (χ2n) is 5.97.